The summed E-state index contributed by atoms with van der Waals surface area (Å²) in [4.78, 5) is 8.67. The number of rotatable bonds is 3. The molecule has 6 aromatic rings. The summed E-state index contributed by atoms with van der Waals surface area (Å²) in [5.41, 5.74) is -5.42. The molecule has 0 aliphatic rings. The first-order valence-corrected chi connectivity index (χ1v) is 14.3. The minimum absolute atomic E-state index is 0.00469. The summed E-state index contributed by atoms with van der Waals surface area (Å²) in [7, 11) is 0. The maximum Gasteiger partial charge on any atom is 0.417 e. The maximum absolute atomic E-state index is 14.2. The molecule has 2 heterocycles. The Balaban J connectivity index is 1.73. The number of fused-ring (bicyclic) bond motifs is 2. The van der Waals surface area contributed by atoms with E-state index in [1.165, 1.54) is 42.5 Å². The summed E-state index contributed by atoms with van der Waals surface area (Å²) in [6.45, 7) is 0. The largest absolute Gasteiger partial charge is 0.431 e. The Bertz CT molecular complexity index is 2020. The zero-order valence-corrected chi connectivity index (χ0v) is 25.5. The van der Waals surface area contributed by atoms with Crippen LogP contribution in [-0.2, 0) is 18.5 Å². The van der Waals surface area contributed by atoms with Crippen molar-refractivity contribution in [3.8, 4) is 33.4 Å². The van der Waals surface area contributed by atoms with Gasteiger partial charge in [-0.1, -0.05) is 48.5 Å². The van der Waals surface area contributed by atoms with Crippen LogP contribution in [0.3, 0.4) is 0 Å². The molecular formula is C29H11F9I2N2O2. The molecule has 0 aliphatic heterocycles. The lowest BCUT2D eigenvalue weighted by Crippen LogP contribution is -2.12. The van der Waals surface area contributed by atoms with Crippen LogP contribution < -0.4 is 0 Å². The summed E-state index contributed by atoms with van der Waals surface area (Å²) < 4.78 is 137. The van der Waals surface area contributed by atoms with Crippen LogP contribution in [0, 0.1) is 7.79 Å². The maximum atomic E-state index is 14.2. The number of aromatic nitrogens is 2. The second-order valence-corrected chi connectivity index (χ2v) is 11.2. The number of alkyl halides is 9. The van der Waals surface area contributed by atoms with Crippen LogP contribution >= 0.6 is 45.2 Å². The molecule has 0 fully saturated rings. The lowest BCUT2D eigenvalue weighted by Gasteiger charge is -2.19. The van der Waals surface area contributed by atoms with Crippen molar-refractivity contribution < 1.29 is 48.3 Å². The molecule has 4 nitrogen and oxygen atoms in total. The van der Waals surface area contributed by atoms with Crippen LogP contribution in [0.5, 0.6) is 0 Å². The molecule has 44 heavy (non-hydrogen) atoms. The van der Waals surface area contributed by atoms with Gasteiger partial charge >= 0.3 is 18.5 Å². The molecule has 6 rings (SSSR count). The van der Waals surface area contributed by atoms with Crippen molar-refractivity contribution in [2.24, 2.45) is 0 Å². The Hall–Kier alpha value is -3.35. The van der Waals surface area contributed by atoms with Gasteiger partial charge in [-0.15, -0.1) is 0 Å². The molecule has 0 aliphatic carbocycles. The van der Waals surface area contributed by atoms with Crippen molar-refractivity contribution in [1.29, 1.82) is 0 Å². The van der Waals surface area contributed by atoms with Gasteiger partial charge in [0.2, 0.25) is 0 Å². The van der Waals surface area contributed by atoms with E-state index < -0.39 is 40.8 Å². The molecule has 0 radical (unpaired) electrons. The smallest absolute Gasteiger partial charge is 0.417 e. The highest BCUT2D eigenvalue weighted by Gasteiger charge is 2.40. The van der Waals surface area contributed by atoms with Crippen molar-refractivity contribution in [2.45, 2.75) is 18.5 Å². The third-order valence-corrected chi connectivity index (χ3v) is 7.69. The molecule has 0 saturated carbocycles. The fourth-order valence-electron chi connectivity index (χ4n) is 5.05. The van der Waals surface area contributed by atoms with Gasteiger partial charge in [0.15, 0.2) is 11.2 Å². The second kappa shape index (κ2) is 10.6. The Morgan fingerprint density at radius 3 is 1.50 bits per heavy atom. The lowest BCUT2D eigenvalue weighted by atomic mass is 9.88. The summed E-state index contributed by atoms with van der Waals surface area (Å²) in [6.07, 6.45) is -15.0. The van der Waals surface area contributed by atoms with Crippen LogP contribution in [-0.4, -0.2) is 9.97 Å². The molecule has 2 aromatic heterocycles. The summed E-state index contributed by atoms with van der Waals surface area (Å²) in [6, 6.07) is 11.6. The first kappa shape index (κ1) is 30.7. The first-order valence-electron chi connectivity index (χ1n) is 12.2. The average Bonchev–Trinajstić information content (AvgIpc) is 3.51. The van der Waals surface area contributed by atoms with Crippen molar-refractivity contribution in [3.63, 3.8) is 0 Å². The molecule has 0 atom stereocenters. The second-order valence-electron chi connectivity index (χ2n) is 9.38. The lowest BCUT2D eigenvalue weighted by molar-refractivity contribution is -0.143. The summed E-state index contributed by atoms with van der Waals surface area (Å²) in [5, 5.41) is 0. The quantitative estimate of drug-likeness (QED) is 0.132. The van der Waals surface area contributed by atoms with E-state index in [1.54, 1.807) is 45.2 Å². The normalized spacial score (nSPS) is 12.9. The molecule has 0 saturated heterocycles. The molecule has 15 heteroatoms. The van der Waals surface area contributed by atoms with E-state index in [4.69, 9.17) is 8.83 Å². The van der Waals surface area contributed by atoms with E-state index in [9.17, 15) is 39.5 Å². The Morgan fingerprint density at radius 1 is 0.500 bits per heavy atom. The molecule has 0 unspecified atom stereocenters. The third-order valence-electron chi connectivity index (χ3n) is 6.77. The van der Waals surface area contributed by atoms with Gasteiger partial charge in [0, 0.05) is 45.2 Å². The SMILES string of the molecule is FC(F)(F)c1ccc(-c2ccccc2-c2c3nc(I)oc3c(-c3ccccc3C(F)(F)F)c3nc(I)oc23)c(C(F)(F)F)c1. The highest BCUT2D eigenvalue weighted by Crippen LogP contribution is 2.50. The van der Waals surface area contributed by atoms with Crippen molar-refractivity contribution in [2.75, 3.05) is 0 Å². The van der Waals surface area contributed by atoms with Gasteiger partial charge in [0.1, 0.15) is 11.0 Å². The van der Waals surface area contributed by atoms with Gasteiger partial charge in [0.25, 0.3) is 7.79 Å². The molecule has 226 valence electrons. The van der Waals surface area contributed by atoms with E-state index in [-0.39, 0.29) is 63.9 Å². The molecule has 0 bridgehead atoms. The Labute approximate surface area is 267 Å². The average molecular weight is 844 g/mol. The molecule has 0 spiro atoms. The number of nitrogens with zero attached hydrogens (tertiary/aromatic N) is 2. The van der Waals surface area contributed by atoms with E-state index in [2.05, 4.69) is 9.97 Å². The minimum atomic E-state index is -5.18. The van der Waals surface area contributed by atoms with Crippen LogP contribution in [0.15, 0.2) is 75.6 Å². The molecular weight excluding hydrogens is 833 g/mol. The number of hydrogen-bond donors (Lipinski definition) is 0. The van der Waals surface area contributed by atoms with Gasteiger partial charge in [-0.3, -0.25) is 0 Å². The first-order chi connectivity index (χ1) is 20.6. The highest BCUT2D eigenvalue weighted by molar-refractivity contribution is 14.1. The zero-order chi connectivity index (χ0) is 31.8. The number of benzene rings is 4. The predicted molar refractivity (Wildman–Crippen MR) is 158 cm³/mol. The van der Waals surface area contributed by atoms with Gasteiger partial charge in [-0.05, 0) is 40.5 Å². The number of oxazole rings is 2. The highest BCUT2D eigenvalue weighted by atomic mass is 127. The van der Waals surface area contributed by atoms with E-state index in [0.29, 0.717) is 6.07 Å². The van der Waals surface area contributed by atoms with Gasteiger partial charge in [0.05, 0.1) is 27.8 Å². The predicted octanol–water partition coefficient (Wildman–Crippen LogP) is 11.2. The minimum Gasteiger partial charge on any atom is -0.431 e. The van der Waals surface area contributed by atoms with E-state index in [0.717, 1.165) is 12.1 Å². The topological polar surface area (TPSA) is 52.1 Å². The van der Waals surface area contributed by atoms with Crippen LogP contribution in [0.4, 0.5) is 39.5 Å². The third kappa shape index (κ3) is 5.30. The van der Waals surface area contributed by atoms with Crippen molar-refractivity contribution in [1.82, 2.24) is 9.97 Å². The number of halogens is 11. The molecule has 4 aromatic carbocycles. The monoisotopic (exact) mass is 844 g/mol. The van der Waals surface area contributed by atoms with Crippen molar-refractivity contribution in [3.05, 3.63) is 91.2 Å². The Morgan fingerprint density at radius 2 is 0.977 bits per heavy atom. The van der Waals surface area contributed by atoms with Gasteiger partial charge in [-0.25, -0.2) is 9.97 Å². The summed E-state index contributed by atoms with van der Waals surface area (Å²) in [5.74, 6) is 0. The fourth-order valence-corrected chi connectivity index (χ4v) is 5.98. The van der Waals surface area contributed by atoms with Gasteiger partial charge in [-0.2, -0.15) is 39.5 Å². The van der Waals surface area contributed by atoms with E-state index in [1.807, 2.05) is 0 Å². The van der Waals surface area contributed by atoms with Crippen LogP contribution in [0.2, 0.25) is 0 Å². The van der Waals surface area contributed by atoms with Crippen LogP contribution in [0.25, 0.3) is 55.6 Å². The molecule has 0 amide bonds. The fraction of sp³-hybridized carbons (Fsp3) is 0.103. The van der Waals surface area contributed by atoms with Crippen molar-refractivity contribution >= 4 is 67.4 Å². The molecule has 0 N–H and O–H groups in total. The van der Waals surface area contributed by atoms with Gasteiger partial charge < -0.3 is 8.83 Å². The van der Waals surface area contributed by atoms with Crippen LogP contribution in [0.1, 0.15) is 16.7 Å². The number of hydrogen-bond acceptors (Lipinski definition) is 4. The zero-order valence-electron chi connectivity index (χ0n) is 21.2. The summed E-state index contributed by atoms with van der Waals surface area (Å²) >= 11 is 3.40. The van der Waals surface area contributed by atoms with E-state index >= 15 is 0 Å². The standard InChI is InChI=1S/C29H11F9I2N2O2/c30-27(31,32)12-9-10-14(18(11-12)29(36,37)38)13-5-1-2-6-15(13)19-21-24(44-25(39)41-21)20(22-23(19)43-26(40)42-22)16-7-3-4-8-17(16)28(33,34)35/h1-11H. The Kier molecular flexibility index (Phi) is 7.41.